The standard InChI is InChI=1S/C16H26O3Si/c1-12(10-15(17)18)13-8-7-9-14(11-13)19-20(5,6)16(2,3)4/h7-9,11-12H,10H2,1-6H3,(H,17,18). The zero-order chi connectivity index (χ0) is 15.6. The summed E-state index contributed by atoms with van der Waals surface area (Å²) in [7, 11) is -1.85. The molecule has 0 fully saturated rings. The van der Waals surface area contributed by atoms with E-state index in [-0.39, 0.29) is 17.4 Å². The van der Waals surface area contributed by atoms with E-state index >= 15 is 0 Å². The van der Waals surface area contributed by atoms with Gasteiger partial charge in [0.2, 0.25) is 8.32 Å². The molecule has 1 rings (SSSR count). The summed E-state index contributed by atoms with van der Waals surface area (Å²) in [5.41, 5.74) is 1.02. The second-order valence-corrected chi connectivity index (χ2v) is 11.7. The Hall–Kier alpha value is -1.29. The number of hydrogen-bond acceptors (Lipinski definition) is 2. The van der Waals surface area contributed by atoms with Gasteiger partial charge in [-0.1, -0.05) is 39.8 Å². The maximum Gasteiger partial charge on any atom is 0.303 e. The first-order valence-corrected chi connectivity index (χ1v) is 9.94. The van der Waals surface area contributed by atoms with Gasteiger partial charge in [0.15, 0.2) is 0 Å². The fraction of sp³-hybridized carbons (Fsp3) is 0.562. The van der Waals surface area contributed by atoms with E-state index < -0.39 is 14.3 Å². The number of carboxylic acid groups (broad SMARTS) is 1. The second-order valence-electron chi connectivity index (χ2n) is 6.93. The van der Waals surface area contributed by atoms with Crippen molar-refractivity contribution in [1.29, 1.82) is 0 Å². The summed E-state index contributed by atoms with van der Waals surface area (Å²) < 4.78 is 6.25. The largest absolute Gasteiger partial charge is 0.543 e. The lowest BCUT2D eigenvalue weighted by atomic mass is 9.98. The molecular formula is C16H26O3Si. The van der Waals surface area contributed by atoms with Gasteiger partial charge in [0.1, 0.15) is 5.75 Å². The first-order valence-electron chi connectivity index (χ1n) is 7.04. The molecule has 1 aromatic carbocycles. The van der Waals surface area contributed by atoms with Crippen LogP contribution in [0, 0.1) is 0 Å². The average Bonchev–Trinajstić information content (AvgIpc) is 2.26. The van der Waals surface area contributed by atoms with Crippen molar-refractivity contribution in [3.8, 4) is 5.75 Å². The zero-order valence-electron chi connectivity index (χ0n) is 13.4. The lowest BCUT2D eigenvalue weighted by molar-refractivity contribution is -0.137. The highest BCUT2D eigenvalue weighted by Crippen LogP contribution is 2.37. The van der Waals surface area contributed by atoms with E-state index in [2.05, 4.69) is 33.9 Å². The fourth-order valence-corrected chi connectivity index (χ4v) is 2.73. The predicted molar refractivity (Wildman–Crippen MR) is 84.9 cm³/mol. The molecule has 1 aromatic rings. The SMILES string of the molecule is CC(CC(=O)O)c1cccc(O[Si](C)(C)C(C)(C)C)c1. The van der Waals surface area contributed by atoms with Crippen molar-refractivity contribution in [2.75, 3.05) is 0 Å². The van der Waals surface area contributed by atoms with Gasteiger partial charge in [-0.05, 0) is 41.7 Å². The Kier molecular flexibility index (Phi) is 5.03. The van der Waals surface area contributed by atoms with Crippen LogP contribution in [0.15, 0.2) is 24.3 Å². The van der Waals surface area contributed by atoms with Crippen LogP contribution in [0.2, 0.25) is 18.1 Å². The van der Waals surface area contributed by atoms with Crippen LogP contribution < -0.4 is 4.43 Å². The summed E-state index contributed by atoms with van der Waals surface area (Å²) in [5, 5.41) is 9.03. The Morgan fingerprint density at radius 3 is 2.45 bits per heavy atom. The maximum atomic E-state index is 10.8. The molecule has 0 aliphatic heterocycles. The van der Waals surface area contributed by atoms with Crippen LogP contribution in [-0.4, -0.2) is 19.4 Å². The number of aliphatic carboxylic acids is 1. The average molecular weight is 294 g/mol. The summed E-state index contributed by atoms with van der Waals surface area (Å²) in [5.74, 6) is 0.0787. The van der Waals surface area contributed by atoms with Gasteiger partial charge in [-0.15, -0.1) is 0 Å². The first kappa shape index (κ1) is 16.8. The Morgan fingerprint density at radius 1 is 1.35 bits per heavy atom. The minimum absolute atomic E-state index is 0.00420. The summed E-state index contributed by atoms with van der Waals surface area (Å²) in [6.45, 7) is 13.0. The molecule has 0 radical (unpaired) electrons. The molecule has 1 unspecified atom stereocenters. The topological polar surface area (TPSA) is 46.5 Å². The Labute approximate surface area is 123 Å². The molecule has 0 bridgehead atoms. The first-order chi connectivity index (χ1) is 9.03. The van der Waals surface area contributed by atoms with Crippen molar-refractivity contribution >= 4 is 14.3 Å². The van der Waals surface area contributed by atoms with E-state index in [9.17, 15) is 4.79 Å². The Bertz CT molecular complexity index is 475. The van der Waals surface area contributed by atoms with Crippen molar-refractivity contribution in [3.63, 3.8) is 0 Å². The number of hydrogen-bond donors (Lipinski definition) is 1. The van der Waals surface area contributed by atoms with E-state index in [1.165, 1.54) is 0 Å². The molecule has 112 valence electrons. The molecule has 4 heteroatoms. The van der Waals surface area contributed by atoms with E-state index in [1.807, 2.05) is 31.2 Å². The molecule has 3 nitrogen and oxygen atoms in total. The highest BCUT2D eigenvalue weighted by Gasteiger charge is 2.38. The minimum Gasteiger partial charge on any atom is -0.543 e. The minimum atomic E-state index is -1.85. The third-order valence-electron chi connectivity index (χ3n) is 4.09. The zero-order valence-corrected chi connectivity index (χ0v) is 14.4. The number of carboxylic acids is 1. The fourth-order valence-electron chi connectivity index (χ4n) is 1.71. The van der Waals surface area contributed by atoms with Crippen molar-refractivity contribution in [3.05, 3.63) is 29.8 Å². The second kappa shape index (κ2) is 6.00. The summed E-state index contributed by atoms with van der Waals surface area (Å²) in [6, 6.07) is 7.84. The monoisotopic (exact) mass is 294 g/mol. The summed E-state index contributed by atoms with van der Waals surface area (Å²) >= 11 is 0. The predicted octanol–water partition coefficient (Wildman–Crippen LogP) is 4.65. The molecule has 0 saturated carbocycles. The summed E-state index contributed by atoms with van der Waals surface area (Å²) in [6.07, 6.45) is 0.142. The molecule has 0 aromatic heterocycles. The van der Waals surface area contributed by atoms with Crippen molar-refractivity contribution < 1.29 is 14.3 Å². The van der Waals surface area contributed by atoms with Crippen LogP contribution >= 0.6 is 0 Å². The normalized spacial score (nSPS) is 13.9. The summed E-state index contributed by atoms with van der Waals surface area (Å²) in [4.78, 5) is 10.8. The van der Waals surface area contributed by atoms with E-state index in [4.69, 9.17) is 9.53 Å². The van der Waals surface area contributed by atoms with Crippen LogP contribution in [0.1, 0.15) is 45.6 Å². The van der Waals surface area contributed by atoms with Gasteiger partial charge >= 0.3 is 5.97 Å². The third kappa shape index (κ3) is 4.37. The molecular weight excluding hydrogens is 268 g/mol. The molecule has 1 N–H and O–H groups in total. The van der Waals surface area contributed by atoms with E-state index in [1.54, 1.807) is 0 Å². The van der Waals surface area contributed by atoms with Crippen LogP contribution in [-0.2, 0) is 4.79 Å². The number of carbonyl (C=O) groups is 1. The number of benzene rings is 1. The lowest BCUT2D eigenvalue weighted by Crippen LogP contribution is -2.43. The van der Waals surface area contributed by atoms with Gasteiger partial charge in [0, 0.05) is 0 Å². The molecule has 20 heavy (non-hydrogen) atoms. The van der Waals surface area contributed by atoms with E-state index in [0.29, 0.717) is 0 Å². The molecule has 0 spiro atoms. The Balaban J connectivity index is 2.91. The molecule has 0 saturated heterocycles. The van der Waals surface area contributed by atoms with Crippen LogP contribution in [0.4, 0.5) is 0 Å². The molecule has 0 amide bonds. The van der Waals surface area contributed by atoms with Gasteiger partial charge in [-0.3, -0.25) is 4.79 Å². The van der Waals surface area contributed by atoms with Gasteiger partial charge in [0.25, 0.3) is 0 Å². The number of rotatable bonds is 5. The van der Waals surface area contributed by atoms with Crippen molar-refractivity contribution in [2.24, 2.45) is 0 Å². The van der Waals surface area contributed by atoms with E-state index in [0.717, 1.165) is 11.3 Å². The molecule has 0 aliphatic rings. The van der Waals surface area contributed by atoms with Crippen LogP contribution in [0.5, 0.6) is 5.75 Å². The molecule has 1 atom stereocenters. The van der Waals surface area contributed by atoms with Gasteiger partial charge < -0.3 is 9.53 Å². The highest BCUT2D eigenvalue weighted by atomic mass is 28.4. The lowest BCUT2D eigenvalue weighted by Gasteiger charge is -2.36. The van der Waals surface area contributed by atoms with Gasteiger partial charge in [-0.25, -0.2) is 0 Å². The maximum absolute atomic E-state index is 10.8. The Morgan fingerprint density at radius 2 is 1.95 bits per heavy atom. The van der Waals surface area contributed by atoms with Crippen LogP contribution in [0.25, 0.3) is 0 Å². The van der Waals surface area contributed by atoms with Crippen molar-refractivity contribution in [1.82, 2.24) is 0 Å². The quantitative estimate of drug-likeness (QED) is 0.804. The smallest absolute Gasteiger partial charge is 0.303 e. The highest BCUT2D eigenvalue weighted by molar-refractivity contribution is 6.74. The van der Waals surface area contributed by atoms with Crippen LogP contribution in [0.3, 0.4) is 0 Å². The third-order valence-corrected chi connectivity index (χ3v) is 8.45. The van der Waals surface area contributed by atoms with Gasteiger partial charge in [0.05, 0.1) is 6.42 Å². The molecule has 0 heterocycles. The van der Waals surface area contributed by atoms with Crippen molar-refractivity contribution in [2.45, 2.75) is 58.2 Å². The van der Waals surface area contributed by atoms with Gasteiger partial charge in [-0.2, -0.15) is 0 Å². The molecule has 0 aliphatic carbocycles.